The Morgan fingerprint density at radius 1 is 1.33 bits per heavy atom. The highest BCUT2D eigenvalue weighted by Gasteiger charge is 2.15. The number of halogens is 2. The molecule has 18 heavy (non-hydrogen) atoms. The molecule has 0 aromatic heterocycles. The van der Waals surface area contributed by atoms with Gasteiger partial charge in [-0.2, -0.15) is 0 Å². The maximum absolute atomic E-state index is 6.26. The van der Waals surface area contributed by atoms with E-state index >= 15 is 0 Å². The van der Waals surface area contributed by atoms with Crippen LogP contribution in [0.2, 0.25) is 5.02 Å². The zero-order chi connectivity index (χ0) is 13.8. The number of hydrogen-bond donors (Lipinski definition) is 1. The number of rotatable bonds is 5. The lowest BCUT2D eigenvalue weighted by molar-refractivity contribution is 0.334. The molecule has 0 saturated heterocycles. The lowest BCUT2D eigenvalue weighted by Gasteiger charge is -2.23. The summed E-state index contributed by atoms with van der Waals surface area (Å²) in [6.07, 6.45) is 3.37. The van der Waals surface area contributed by atoms with E-state index in [9.17, 15) is 0 Å². The topological polar surface area (TPSA) is 12.0 Å². The van der Waals surface area contributed by atoms with Crippen LogP contribution in [0.25, 0.3) is 0 Å². The molecule has 1 nitrogen and oxygen atoms in total. The van der Waals surface area contributed by atoms with Gasteiger partial charge < -0.3 is 5.32 Å². The van der Waals surface area contributed by atoms with E-state index in [0.29, 0.717) is 11.5 Å². The molecule has 102 valence electrons. The van der Waals surface area contributed by atoms with Gasteiger partial charge in [-0.1, -0.05) is 54.4 Å². The van der Waals surface area contributed by atoms with Gasteiger partial charge >= 0.3 is 0 Å². The third-order valence-corrected chi connectivity index (χ3v) is 3.98. The summed E-state index contributed by atoms with van der Waals surface area (Å²) in [6.45, 7) is 6.85. The Kier molecular flexibility index (Phi) is 6.16. The summed E-state index contributed by atoms with van der Waals surface area (Å²) in [5.74, 6) is 0. The van der Waals surface area contributed by atoms with Crippen molar-refractivity contribution >= 4 is 27.5 Å². The molecule has 1 rings (SSSR count). The largest absolute Gasteiger partial charge is 0.317 e. The second kappa shape index (κ2) is 6.93. The van der Waals surface area contributed by atoms with E-state index in [1.807, 2.05) is 13.1 Å². The van der Waals surface area contributed by atoms with Crippen LogP contribution in [0, 0.1) is 5.41 Å². The summed E-state index contributed by atoms with van der Waals surface area (Å²) < 4.78 is 1.03. The molecule has 0 amide bonds. The Hall–Kier alpha value is -0.0500. The fraction of sp³-hybridized carbons (Fsp3) is 0.600. The third-order valence-electron chi connectivity index (χ3n) is 3.13. The highest BCUT2D eigenvalue weighted by Crippen LogP contribution is 2.25. The van der Waals surface area contributed by atoms with Crippen LogP contribution in [-0.4, -0.2) is 13.1 Å². The summed E-state index contributed by atoms with van der Waals surface area (Å²) in [5.41, 5.74) is 1.60. The second-order valence-electron chi connectivity index (χ2n) is 6.02. The van der Waals surface area contributed by atoms with Crippen molar-refractivity contribution in [1.82, 2.24) is 5.32 Å². The van der Waals surface area contributed by atoms with Gasteiger partial charge in [-0.15, -0.1) is 0 Å². The molecule has 0 aliphatic rings. The molecule has 0 fully saturated rings. The first kappa shape index (κ1) is 16.0. The number of hydrogen-bond acceptors (Lipinski definition) is 1. The van der Waals surface area contributed by atoms with Crippen molar-refractivity contribution < 1.29 is 0 Å². The molecule has 1 aromatic rings. The van der Waals surface area contributed by atoms with Gasteiger partial charge in [0.15, 0.2) is 0 Å². The summed E-state index contributed by atoms with van der Waals surface area (Å²) in [4.78, 5) is 0. The predicted octanol–water partition coefficient (Wildman–Crippen LogP) is 5.06. The maximum atomic E-state index is 6.26. The van der Waals surface area contributed by atoms with Gasteiger partial charge in [0.2, 0.25) is 0 Å². The minimum absolute atomic E-state index is 0.388. The molecule has 0 aliphatic carbocycles. The average molecular weight is 333 g/mol. The maximum Gasteiger partial charge on any atom is 0.0449 e. The Balaban J connectivity index is 2.62. The molecule has 1 atom stereocenters. The second-order valence-corrected chi connectivity index (χ2v) is 7.35. The van der Waals surface area contributed by atoms with Crippen molar-refractivity contribution in [2.24, 2.45) is 5.41 Å². The van der Waals surface area contributed by atoms with Gasteiger partial charge in [0.05, 0.1) is 0 Å². The Bertz CT molecular complexity index is 385. The third kappa shape index (κ3) is 5.73. The van der Waals surface area contributed by atoms with E-state index in [1.54, 1.807) is 0 Å². The summed E-state index contributed by atoms with van der Waals surface area (Å²) >= 11 is 9.70. The Morgan fingerprint density at radius 3 is 2.50 bits per heavy atom. The van der Waals surface area contributed by atoms with Gasteiger partial charge in [-0.25, -0.2) is 0 Å². The van der Waals surface area contributed by atoms with Crippen LogP contribution >= 0.6 is 27.5 Å². The molecule has 0 saturated carbocycles. The van der Waals surface area contributed by atoms with E-state index < -0.39 is 0 Å². The van der Waals surface area contributed by atoms with Crippen molar-refractivity contribution in [3.63, 3.8) is 0 Å². The van der Waals surface area contributed by atoms with Gasteiger partial charge in [0.25, 0.3) is 0 Å². The van der Waals surface area contributed by atoms with Gasteiger partial charge in [-0.3, -0.25) is 0 Å². The molecule has 1 unspecified atom stereocenters. The minimum Gasteiger partial charge on any atom is -0.317 e. The fourth-order valence-corrected chi connectivity index (χ4v) is 2.66. The summed E-state index contributed by atoms with van der Waals surface area (Å²) in [6, 6.07) is 6.61. The zero-order valence-corrected chi connectivity index (χ0v) is 14.0. The summed E-state index contributed by atoms with van der Waals surface area (Å²) in [5, 5.41) is 4.24. The quantitative estimate of drug-likeness (QED) is 0.794. The molecule has 3 heteroatoms. The fourth-order valence-electron chi connectivity index (χ4n) is 1.91. The molecule has 1 aromatic carbocycles. The smallest absolute Gasteiger partial charge is 0.0449 e. The van der Waals surface area contributed by atoms with Crippen LogP contribution in [0.5, 0.6) is 0 Å². The molecule has 0 bridgehead atoms. The Morgan fingerprint density at radius 2 is 2.00 bits per heavy atom. The van der Waals surface area contributed by atoms with E-state index in [0.717, 1.165) is 15.9 Å². The monoisotopic (exact) mass is 331 g/mol. The number of benzene rings is 1. The van der Waals surface area contributed by atoms with E-state index in [4.69, 9.17) is 11.6 Å². The molecular weight excluding hydrogens is 310 g/mol. The molecule has 1 N–H and O–H groups in total. The van der Waals surface area contributed by atoms with E-state index in [2.05, 4.69) is 54.2 Å². The van der Waals surface area contributed by atoms with Crippen molar-refractivity contribution in [2.45, 2.75) is 46.1 Å². The van der Waals surface area contributed by atoms with Crippen LogP contribution < -0.4 is 5.32 Å². The van der Waals surface area contributed by atoms with Crippen LogP contribution in [0.4, 0.5) is 0 Å². The first-order chi connectivity index (χ1) is 8.31. The van der Waals surface area contributed by atoms with E-state index in [1.165, 1.54) is 18.4 Å². The first-order valence-electron chi connectivity index (χ1n) is 6.43. The van der Waals surface area contributed by atoms with Crippen molar-refractivity contribution in [2.75, 3.05) is 7.05 Å². The van der Waals surface area contributed by atoms with Crippen LogP contribution in [-0.2, 0) is 6.42 Å². The molecular formula is C15H23BrClN. The van der Waals surface area contributed by atoms with Gasteiger partial charge in [0, 0.05) is 15.5 Å². The van der Waals surface area contributed by atoms with Crippen molar-refractivity contribution in [3.8, 4) is 0 Å². The summed E-state index contributed by atoms with van der Waals surface area (Å²) in [7, 11) is 2.03. The molecule has 0 heterocycles. The molecule has 0 radical (unpaired) electrons. The zero-order valence-electron chi connectivity index (χ0n) is 11.7. The van der Waals surface area contributed by atoms with Crippen LogP contribution in [0.1, 0.15) is 39.2 Å². The normalized spacial score (nSPS) is 13.7. The predicted molar refractivity (Wildman–Crippen MR) is 84.4 cm³/mol. The van der Waals surface area contributed by atoms with Gasteiger partial charge in [0.1, 0.15) is 0 Å². The lowest BCUT2D eigenvalue weighted by Crippen LogP contribution is -2.29. The minimum atomic E-state index is 0.388. The van der Waals surface area contributed by atoms with Gasteiger partial charge in [-0.05, 0) is 49.4 Å². The van der Waals surface area contributed by atoms with E-state index in [-0.39, 0.29) is 0 Å². The lowest BCUT2D eigenvalue weighted by atomic mass is 9.87. The SMILES string of the molecule is CNC(CCC(C)(C)C)Cc1ccc(Br)cc1Cl. The van der Waals surface area contributed by atoms with Crippen LogP contribution in [0.3, 0.4) is 0 Å². The number of likely N-dealkylation sites (N-methyl/N-ethyl adjacent to an activating group) is 1. The standard InChI is InChI=1S/C15H23BrClN/c1-15(2,3)8-7-13(18-4)9-11-5-6-12(16)10-14(11)17/h5-6,10,13,18H,7-9H2,1-4H3. The Labute approximate surface area is 124 Å². The first-order valence-corrected chi connectivity index (χ1v) is 7.60. The highest BCUT2D eigenvalue weighted by molar-refractivity contribution is 9.10. The van der Waals surface area contributed by atoms with Crippen molar-refractivity contribution in [3.05, 3.63) is 33.3 Å². The molecule has 0 aliphatic heterocycles. The average Bonchev–Trinajstić information content (AvgIpc) is 2.25. The highest BCUT2D eigenvalue weighted by atomic mass is 79.9. The number of nitrogens with one attached hydrogen (secondary N) is 1. The van der Waals surface area contributed by atoms with Crippen molar-refractivity contribution in [1.29, 1.82) is 0 Å². The van der Waals surface area contributed by atoms with Crippen LogP contribution in [0.15, 0.2) is 22.7 Å². The molecule has 0 spiro atoms.